The Labute approximate surface area is 160 Å². The van der Waals surface area contributed by atoms with E-state index >= 15 is 0 Å². The van der Waals surface area contributed by atoms with Crippen molar-refractivity contribution in [3.63, 3.8) is 0 Å². The van der Waals surface area contributed by atoms with Gasteiger partial charge in [0, 0.05) is 6.54 Å². The van der Waals surface area contributed by atoms with Crippen molar-refractivity contribution in [2.75, 3.05) is 6.54 Å². The second-order valence-corrected chi connectivity index (χ2v) is 8.20. The van der Waals surface area contributed by atoms with E-state index in [1.165, 1.54) is 12.1 Å². The molecule has 0 aliphatic heterocycles. The van der Waals surface area contributed by atoms with E-state index in [4.69, 9.17) is 23.2 Å². The van der Waals surface area contributed by atoms with Crippen LogP contribution >= 0.6 is 23.2 Å². The second kappa shape index (κ2) is 7.36. The monoisotopic (exact) mass is 411 g/mol. The van der Waals surface area contributed by atoms with Crippen LogP contribution in [0.2, 0.25) is 10.0 Å². The predicted molar refractivity (Wildman–Crippen MR) is 102 cm³/mol. The average Bonchev–Trinajstić information content (AvgIpc) is 2.59. The Bertz CT molecular complexity index is 1110. The lowest BCUT2D eigenvalue weighted by atomic mass is 10.2. The molecule has 0 radical (unpaired) electrons. The van der Waals surface area contributed by atoms with Crippen molar-refractivity contribution in [3.8, 4) is 0 Å². The quantitative estimate of drug-likeness (QED) is 0.696. The summed E-state index contributed by atoms with van der Waals surface area (Å²) >= 11 is 12.1. The van der Waals surface area contributed by atoms with Crippen molar-refractivity contribution >= 4 is 44.1 Å². The zero-order valence-electron chi connectivity index (χ0n) is 13.7. The molecule has 1 heterocycles. The molecule has 6 nitrogen and oxygen atoms in total. The number of aromatic nitrogens is 2. The van der Waals surface area contributed by atoms with E-state index in [0.717, 1.165) is 4.31 Å². The van der Waals surface area contributed by atoms with Crippen LogP contribution in [0, 0.1) is 0 Å². The van der Waals surface area contributed by atoms with Gasteiger partial charge in [0.25, 0.3) is 5.56 Å². The van der Waals surface area contributed by atoms with E-state index in [9.17, 15) is 13.2 Å². The van der Waals surface area contributed by atoms with Gasteiger partial charge in [0.15, 0.2) is 0 Å². The molecule has 0 bridgehead atoms. The number of benzene rings is 2. The minimum absolute atomic E-state index is 0.0379. The van der Waals surface area contributed by atoms with Gasteiger partial charge in [0.05, 0.1) is 27.5 Å². The van der Waals surface area contributed by atoms with E-state index in [1.807, 2.05) is 0 Å². The fourth-order valence-corrected chi connectivity index (χ4v) is 5.10. The molecule has 26 heavy (non-hydrogen) atoms. The van der Waals surface area contributed by atoms with E-state index < -0.39 is 10.0 Å². The fraction of sp³-hybridized carbons (Fsp3) is 0.176. The molecule has 3 rings (SSSR count). The number of rotatable bonds is 5. The maximum atomic E-state index is 13.0. The van der Waals surface area contributed by atoms with E-state index in [0.29, 0.717) is 10.9 Å². The summed E-state index contributed by atoms with van der Waals surface area (Å²) < 4.78 is 27.2. The van der Waals surface area contributed by atoms with Gasteiger partial charge < -0.3 is 4.98 Å². The summed E-state index contributed by atoms with van der Waals surface area (Å²) in [5.41, 5.74) is 0.172. The van der Waals surface area contributed by atoms with Crippen LogP contribution in [0.15, 0.2) is 52.2 Å². The van der Waals surface area contributed by atoms with Gasteiger partial charge in [0.2, 0.25) is 10.0 Å². The molecule has 0 amide bonds. The maximum Gasteiger partial charge on any atom is 0.258 e. The highest BCUT2D eigenvalue weighted by Gasteiger charge is 2.28. The summed E-state index contributed by atoms with van der Waals surface area (Å²) in [6, 6.07) is 11.3. The Hall–Kier alpha value is -1.93. The summed E-state index contributed by atoms with van der Waals surface area (Å²) in [7, 11) is -3.97. The fourth-order valence-electron chi connectivity index (χ4n) is 2.60. The minimum atomic E-state index is -3.97. The highest BCUT2D eigenvalue weighted by atomic mass is 35.5. The molecule has 0 spiro atoms. The number of halogens is 2. The van der Waals surface area contributed by atoms with E-state index in [1.54, 1.807) is 37.3 Å². The van der Waals surface area contributed by atoms with Crippen molar-refractivity contribution in [2.24, 2.45) is 0 Å². The molecule has 0 fully saturated rings. The van der Waals surface area contributed by atoms with Crippen molar-refractivity contribution in [1.82, 2.24) is 14.3 Å². The number of fused-ring (bicyclic) bond motifs is 1. The van der Waals surface area contributed by atoms with Crippen LogP contribution in [0.25, 0.3) is 10.9 Å². The van der Waals surface area contributed by atoms with Crippen molar-refractivity contribution in [3.05, 3.63) is 68.7 Å². The Kier molecular flexibility index (Phi) is 5.34. The third kappa shape index (κ3) is 3.48. The highest BCUT2D eigenvalue weighted by Crippen LogP contribution is 2.31. The van der Waals surface area contributed by atoms with Crippen LogP contribution in [0.1, 0.15) is 12.7 Å². The lowest BCUT2D eigenvalue weighted by Gasteiger charge is -2.21. The van der Waals surface area contributed by atoms with Gasteiger partial charge >= 0.3 is 0 Å². The Morgan fingerprint density at radius 2 is 1.73 bits per heavy atom. The lowest BCUT2D eigenvalue weighted by Crippen LogP contribution is -2.32. The maximum absolute atomic E-state index is 13.0. The molecule has 0 saturated heterocycles. The van der Waals surface area contributed by atoms with Crippen LogP contribution in [-0.4, -0.2) is 29.2 Å². The van der Waals surface area contributed by atoms with Crippen molar-refractivity contribution in [1.29, 1.82) is 0 Å². The molecule has 9 heteroatoms. The zero-order valence-corrected chi connectivity index (χ0v) is 16.1. The molecule has 3 aromatic rings. The summed E-state index contributed by atoms with van der Waals surface area (Å²) in [6.07, 6.45) is 0. The Morgan fingerprint density at radius 3 is 2.38 bits per heavy atom. The smallest absolute Gasteiger partial charge is 0.258 e. The molecule has 1 N–H and O–H groups in total. The third-order valence-corrected chi connectivity index (χ3v) is 6.73. The van der Waals surface area contributed by atoms with Crippen LogP contribution in [-0.2, 0) is 16.6 Å². The average molecular weight is 412 g/mol. The molecule has 0 aliphatic carbocycles. The SMILES string of the molecule is CCN(Cc1nc2ccccc2c(=O)[nH]1)S(=O)(=O)c1c(Cl)cccc1Cl. The van der Waals surface area contributed by atoms with E-state index in [2.05, 4.69) is 9.97 Å². The summed E-state index contributed by atoms with van der Waals surface area (Å²) in [5.74, 6) is 0.238. The van der Waals surface area contributed by atoms with Gasteiger partial charge in [-0.1, -0.05) is 48.3 Å². The molecular weight excluding hydrogens is 397 g/mol. The molecule has 0 unspecified atom stereocenters. The summed E-state index contributed by atoms with van der Waals surface area (Å²) in [5, 5.41) is 0.517. The number of para-hydroxylation sites is 1. The van der Waals surface area contributed by atoms with Crippen LogP contribution in [0.3, 0.4) is 0 Å². The molecule has 136 valence electrons. The number of hydrogen-bond donors (Lipinski definition) is 1. The van der Waals surface area contributed by atoms with Crippen molar-refractivity contribution in [2.45, 2.75) is 18.4 Å². The first-order chi connectivity index (χ1) is 12.3. The zero-order chi connectivity index (χ0) is 18.9. The number of nitrogens with one attached hydrogen (secondary N) is 1. The number of nitrogens with zero attached hydrogens (tertiary/aromatic N) is 2. The summed E-state index contributed by atoms with van der Waals surface area (Å²) in [4.78, 5) is 19.0. The molecule has 2 aromatic carbocycles. The van der Waals surface area contributed by atoms with Gasteiger partial charge in [-0.25, -0.2) is 13.4 Å². The normalized spacial score (nSPS) is 12.0. The highest BCUT2D eigenvalue weighted by molar-refractivity contribution is 7.89. The van der Waals surface area contributed by atoms with Gasteiger partial charge in [-0.05, 0) is 24.3 Å². The minimum Gasteiger partial charge on any atom is -0.309 e. The first kappa shape index (κ1) is 18.8. The number of sulfonamides is 1. The standard InChI is InChI=1S/C17H15Cl2N3O3S/c1-2-22(26(24,25)16-12(18)7-5-8-13(16)19)10-15-20-14-9-4-3-6-11(14)17(23)21-15/h3-9H,2,10H2,1H3,(H,20,21,23). The Balaban J connectivity index is 2.04. The molecule has 0 atom stereocenters. The van der Waals surface area contributed by atoms with Gasteiger partial charge in [0.1, 0.15) is 10.7 Å². The van der Waals surface area contributed by atoms with Crippen LogP contribution in [0.4, 0.5) is 0 Å². The topological polar surface area (TPSA) is 83.1 Å². The number of aromatic amines is 1. The van der Waals surface area contributed by atoms with Gasteiger partial charge in [-0.3, -0.25) is 4.79 Å². The largest absolute Gasteiger partial charge is 0.309 e. The van der Waals surface area contributed by atoms with E-state index in [-0.39, 0.29) is 39.4 Å². The molecule has 0 aliphatic rings. The molecular formula is C17H15Cl2N3O3S. The molecule has 1 aromatic heterocycles. The van der Waals surface area contributed by atoms with Crippen LogP contribution < -0.4 is 5.56 Å². The lowest BCUT2D eigenvalue weighted by molar-refractivity contribution is 0.414. The second-order valence-electron chi connectivity index (χ2n) is 5.51. The third-order valence-electron chi connectivity index (χ3n) is 3.86. The number of H-pyrrole nitrogens is 1. The van der Waals surface area contributed by atoms with Crippen molar-refractivity contribution < 1.29 is 8.42 Å². The van der Waals surface area contributed by atoms with Crippen LogP contribution in [0.5, 0.6) is 0 Å². The molecule has 0 saturated carbocycles. The number of hydrogen-bond acceptors (Lipinski definition) is 4. The van der Waals surface area contributed by atoms with Gasteiger partial charge in [-0.2, -0.15) is 4.31 Å². The first-order valence-electron chi connectivity index (χ1n) is 7.76. The predicted octanol–water partition coefficient (Wildman–Crippen LogP) is 3.44. The first-order valence-corrected chi connectivity index (χ1v) is 9.96. The Morgan fingerprint density at radius 1 is 1.08 bits per heavy atom. The summed E-state index contributed by atoms with van der Waals surface area (Å²) in [6.45, 7) is 1.72. The van der Waals surface area contributed by atoms with Gasteiger partial charge in [-0.15, -0.1) is 0 Å².